The second-order valence-corrected chi connectivity index (χ2v) is 4.97. The SMILES string of the molecule is Cc1cc(F)c(N)cc1-c1cccc(C(C)C)c1. The average Bonchev–Trinajstić information content (AvgIpc) is 2.34. The van der Waals surface area contributed by atoms with Gasteiger partial charge in [-0.3, -0.25) is 0 Å². The lowest BCUT2D eigenvalue weighted by atomic mass is 9.95. The Bertz CT molecular complexity index is 573. The van der Waals surface area contributed by atoms with E-state index in [1.165, 1.54) is 11.6 Å². The van der Waals surface area contributed by atoms with Crippen LogP contribution in [0.25, 0.3) is 11.1 Å². The standard InChI is InChI=1S/C16H18FN/c1-10(2)12-5-4-6-13(8-12)14-9-16(18)15(17)7-11(14)3/h4-10H,18H2,1-3H3. The summed E-state index contributed by atoms with van der Waals surface area (Å²) in [4.78, 5) is 0. The molecule has 1 nitrogen and oxygen atoms in total. The van der Waals surface area contributed by atoms with Crippen LogP contribution in [0.5, 0.6) is 0 Å². The summed E-state index contributed by atoms with van der Waals surface area (Å²) in [6, 6.07) is 11.5. The predicted molar refractivity (Wildman–Crippen MR) is 75.1 cm³/mol. The molecule has 0 aliphatic carbocycles. The molecule has 0 amide bonds. The summed E-state index contributed by atoms with van der Waals surface area (Å²) in [7, 11) is 0. The Kier molecular flexibility index (Phi) is 3.37. The Balaban J connectivity index is 2.55. The molecule has 0 spiro atoms. The minimum Gasteiger partial charge on any atom is -0.396 e. The van der Waals surface area contributed by atoms with Gasteiger partial charge in [0, 0.05) is 0 Å². The van der Waals surface area contributed by atoms with Crippen LogP contribution >= 0.6 is 0 Å². The fourth-order valence-corrected chi connectivity index (χ4v) is 2.07. The van der Waals surface area contributed by atoms with Crippen molar-refractivity contribution < 1.29 is 4.39 Å². The Morgan fingerprint density at radius 1 is 1.11 bits per heavy atom. The van der Waals surface area contributed by atoms with Crippen molar-refractivity contribution in [3.63, 3.8) is 0 Å². The van der Waals surface area contributed by atoms with E-state index in [1.54, 1.807) is 6.07 Å². The van der Waals surface area contributed by atoms with Crippen molar-refractivity contribution in [2.75, 3.05) is 5.73 Å². The average molecular weight is 243 g/mol. The number of hydrogen-bond donors (Lipinski definition) is 1. The van der Waals surface area contributed by atoms with Gasteiger partial charge in [-0.05, 0) is 47.2 Å². The monoisotopic (exact) mass is 243 g/mol. The molecule has 2 N–H and O–H groups in total. The summed E-state index contributed by atoms with van der Waals surface area (Å²) in [5, 5.41) is 0. The van der Waals surface area contributed by atoms with E-state index in [2.05, 4.69) is 26.0 Å². The number of aryl methyl sites for hydroxylation is 1. The third-order valence-electron chi connectivity index (χ3n) is 3.21. The fraction of sp³-hybridized carbons (Fsp3) is 0.250. The van der Waals surface area contributed by atoms with E-state index < -0.39 is 0 Å². The molecule has 2 rings (SSSR count). The van der Waals surface area contributed by atoms with Gasteiger partial charge >= 0.3 is 0 Å². The third kappa shape index (κ3) is 2.37. The molecule has 0 heterocycles. The van der Waals surface area contributed by atoms with E-state index in [0.717, 1.165) is 16.7 Å². The van der Waals surface area contributed by atoms with Crippen LogP contribution in [0.15, 0.2) is 36.4 Å². The van der Waals surface area contributed by atoms with E-state index >= 15 is 0 Å². The van der Waals surface area contributed by atoms with Crippen molar-refractivity contribution in [2.45, 2.75) is 26.7 Å². The molecule has 2 aromatic carbocycles. The number of rotatable bonds is 2. The van der Waals surface area contributed by atoms with E-state index in [4.69, 9.17) is 5.73 Å². The second-order valence-electron chi connectivity index (χ2n) is 4.97. The largest absolute Gasteiger partial charge is 0.396 e. The van der Waals surface area contributed by atoms with E-state index in [0.29, 0.717) is 5.92 Å². The normalized spacial score (nSPS) is 10.9. The zero-order chi connectivity index (χ0) is 13.3. The summed E-state index contributed by atoms with van der Waals surface area (Å²) in [6.45, 7) is 6.22. The molecule has 0 atom stereocenters. The van der Waals surface area contributed by atoms with Crippen molar-refractivity contribution in [3.8, 4) is 11.1 Å². The molecule has 0 saturated carbocycles. The topological polar surface area (TPSA) is 26.0 Å². The molecule has 0 fully saturated rings. The van der Waals surface area contributed by atoms with Crippen LogP contribution in [0.4, 0.5) is 10.1 Å². The predicted octanol–water partition coefficient (Wildman–Crippen LogP) is 4.51. The highest BCUT2D eigenvalue weighted by Gasteiger charge is 2.08. The van der Waals surface area contributed by atoms with E-state index in [1.807, 2.05) is 19.1 Å². The molecule has 0 aliphatic rings. The number of nitrogens with two attached hydrogens (primary N) is 1. The molecule has 18 heavy (non-hydrogen) atoms. The van der Waals surface area contributed by atoms with Crippen LogP contribution < -0.4 is 5.73 Å². The maximum atomic E-state index is 13.4. The lowest BCUT2D eigenvalue weighted by Crippen LogP contribution is -1.95. The Labute approximate surface area is 107 Å². The summed E-state index contributed by atoms with van der Waals surface area (Å²) in [6.07, 6.45) is 0. The van der Waals surface area contributed by atoms with Gasteiger partial charge in [-0.25, -0.2) is 4.39 Å². The highest BCUT2D eigenvalue weighted by Crippen LogP contribution is 2.29. The first-order valence-corrected chi connectivity index (χ1v) is 6.15. The molecule has 0 radical (unpaired) electrons. The highest BCUT2D eigenvalue weighted by molar-refractivity contribution is 5.71. The second kappa shape index (κ2) is 4.81. The number of anilines is 1. The third-order valence-corrected chi connectivity index (χ3v) is 3.21. The van der Waals surface area contributed by atoms with Crippen LogP contribution in [0.2, 0.25) is 0 Å². The first-order valence-electron chi connectivity index (χ1n) is 6.15. The smallest absolute Gasteiger partial charge is 0.146 e. The van der Waals surface area contributed by atoms with Crippen molar-refractivity contribution in [1.29, 1.82) is 0 Å². The highest BCUT2D eigenvalue weighted by atomic mass is 19.1. The van der Waals surface area contributed by atoms with Gasteiger partial charge in [-0.1, -0.05) is 38.1 Å². The first-order chi connectivity index (χ1) is 8.49. The van der Waals surface area contributed by atoms with Gasteiger partial charge in [-0.2, -0.15) is 0 Å². The Hall–Kier alpha value is -1.83. The fourth-order valence-electron chi connectivity index (χ4n) is 2.07. The van der Waals surface area contributed by atoms with Gasteiger partial charge in [0.15, 0.2) is 0 Å². The molecule has 2 heteroatoms. The van der Waals surface area contributed by atoms with Crippen LogP contribution in [0, 0.1) is 12.7 Å². The van der Waals surface area contributed by atoms with Crippen LogP contribution in [0.3, 0.4) is 0 Å². The summed E-state index contributed by atoms with van der Waals surface area (Å²) >= 11 is 0. The first kappa shape index (κ1) is 12.6. The quantitative estimate of drug-likeness (QED) is 0.772. The summed E-state index contributed by atoms with van der Waals surface area (Å²) < 4.78 is 13.4. The minimum absolute atomic E-state index is 0.200. The zero-order valence-corrected chi connectivity index (χ0v) is 11.0. The molecular weight excluding hydrogens is 225 g/mol. The van der Waals surface area contributed by atoms with Gasteiger partial charge in [0.05, 0.1) is 5.69 Å². The summed E-state index contributed by atoms with van der Waals surface area (Å²) in [5.74, 6) is 0.124. The number of hydrogen-bond acceptors (Lipinski definition) is 1. The van der Waals surface area contributed by atoms with Crippen molar-refractivity contribution in [3.05, 3.63) is 53.3 Å². The van der Waals surface area contributed by atoms with Crippen LogP contribution in [-0.2, 0) is 0 Å². The van der Waals surface area contributed by atoms with Crippen molar-refractivity contribution >= 4 is 5.69 Å². The van der Waals surface area contributed by atoms with Crippen molar-refractivity contribution in [1.82, 2.24) is 0 Å². The van der Waals surface area contributed by atoms with Crippen molar-refractivity contribution in [2.24, 2.45) is 0 Å². The lowest BCUT2D eigenvalue weighted by Gasteiger charge is -2.11. The maximum Gasteiger partial charge on any atom is 0.146 e. The van der Waals surface area contributed by atoms with Crippen LogP contribution in [-0.4, -0.2) is 0 Å². The maximum absolute atomic E-state index is 13.4. The zero-order valence-electron chi connectivity index (χ0n) is 11.0. The Morgan fingerprint density at radius 3 is 2.50 bits per heavy atom. The summed E-state index contributed by atoms with van der Waals surface area (Å²) in [5.41, 5.74) is 10.1. The number of benzene rings is 2. The Morgan fingerprint density at radius 2 is 1.83 bits per heavy atom. The molecule has 0 bridgehead atoms. The molecule has 0 unspecified atom stereocenters. The van der Waals surface area contributed by atoms with Gasteiger partial charge < -0.3 is 5.73 Å². The molecule has 0 saturated heterocycles. The van der Waals surface area contributed by atoms with Gasteiger partial charge in [-0.15, -0.1) is 0 Å². The van der Waals surface area contributed by atoms with Gasteiger partial charge in [0.25, 0.3) is 0 Å². The van der Waals surface area contributed by atoms with Gasteiger partial charge in [0.2, 0.25) is 0 Å². The minimum atomic E-state index is -0.351. The molecule has 0 aromatic heterocycles. The van der Waals surface area contributed by atoms with E-state index in [-0.39, 0.29) is 11.5 Å². The molecule has 94 valence electrons. The lowest BCUT2D eigenvalue weighted by molar-refractivity contribution is 0.631. The number of halogens is 1. The molecule has 0 aliphatic heterocycles. The van der Waals surface area contributed by atoms with E-state index in [9.17, 15) is 4.39 Å². The molecule has 2 aromatic rings. The number of nitrogen functional groups attached to an aromatic ring is 1. The van der Waals surface area contributed by atoms with Crippen LogP contribution in [0.1, 0.15) is 30.9 Å². The molecular formula is C16H18FN. The van der Waals surface area contributed by atoms with Gasteiger partial charge in [0.1, 0.15) is 5.82 Å².